The molecule has 2 nitrogen and oxygen atoms in total. The first-order chi connectivity index (χ1) is 9.54. The first-order valence-electron chi connectivity index (χ1n) is 6.09. The zero-order valence-electron chi connectivity index (χ0n) is 10.6. The van der Waals surface area contributed by atoms with Crippen LogP contribution in [0.3, 0.4) is 0 Å². The fourth-order valence-electron chi connectivity index (χ4n) is 1.96. The van der Waals surface area contributed by atoms with Crippen LogP contribution in [0.4, 0.5) is 8.78 Å². The van der Waals surface area contributed by atoms with E-state index in [1.807, 2.05) is 18.2 Å². The number of halogens is 3. The highest BCUT2D eigenvalue weighted by atomic mass is 35.5. The first kappa shape index (κ1) is 14.8. The maximum atomic E-state index is 12.2. The minimum atomic E-state index is -2.84. The van der Waals surface area contributed by atoms with E-state index in [-0.39, 0.29) is 11.8 Å². The number of benzene rings is 2. The normalized spacial score (nSPS) is 12.4. The molecule has 2 aromatic carbocycles. The highest BCUT2D eigenvalue weighted by Crippen LogP contribution is 2.23. The predicted molar refractivity (Wildman–Crippen MR) is 75.2 cm³/mol. The van der Waals surface area contributed by atoms with Gasteiger partial charge in [0.1, 0.15) is 5.75 Å². The molecule has 1 atom stereocenters. The summed E-state index contributed by atoms with van der Waals surface area (Å²) >= 11 is 5.91. The molecule has 5 heteroatoms. The zero-order valence-corrected chi connectivity index (χ0v) is 11.4. The summed E-state index contributed by atoms with van der Waals surface area (Å²) in [7, 11) is 0. The van der Waals surface area contributed by atoms with Crippen molar-refractivity contribution in [3.8, 4) is 5.75 Å². The van der Waals surface area contributed by atoms with Gasteiger partial charge in [0, 0.05) is 11.1 Å². The molecule has 2 rings (SSSR count). The van der Waals surface area contributed by atoms with Gasteiger partial charge in [-0.1, -0.05) is 35.9 Å². The quantitative estimate of drug-likeness (QED) is 0.898. The molecule has 0 spiro atoms. The Labute approximate surface area is 121 Å². The minimum Gasteiger partial charge on any atom is -0.435 e. The van der Waals surface area contributed by atoms with E-state index in [2.05, 4.69) is 4.74 Å². The molecule has 1 unspecified atom stereocenters. The Morgan fingerprint density at radius 2 is 1.85 bits per heavy atom. The topological polar surface area (TPSA) is 35.2 Å². The molecule has 0 saturated carbocycles. The van der Waals surface area contributed by atoms with Gasteiger partial charge in [-0.2, -0.15) is 8.78 Å². The van der Waals surface area contributed by atoms with Crippen LogP contribution in [-0.2, 0) is 6.42 Å². The second kappa shape index (κ2) is 6.68. The van der Waals surface area contributed by atoms with E-state index in [1.165, 1.54) is 12.1 Å². The van der Waals surface area contributed by atoms with Gasteiger partial charge in [0.2, 0.25) is 0 Å². The lowest BCUT2D eigenvalue weighted by atomic mass is 9.99. The highest BCUT2D eigenvalue weighted by Gasteiger charge is 2.10. The van der Waals surface area contributed by atoms with Crippen LogP contribution in [0, 0.1) is 0 Å². The van der Waals surface area contributed by atoms with E-state index < -0.39 is 6.61 Å². The smallest absolute Gasteiger partial charge is 0.387 e. The summed E-state index contributed by atoms with van der Waals surface area (Å²) < 4.78 is 28.7. The molecule has 0 radical (unpaired) electrons. The number of alkyl halides is 2. The van der Waals surface area contributed by atoms with Crippen molar-refractivity contribution in [3.05, 3.63) is 64.7 Å². The second-order valence-corrected chi connectivity index (χ2v) is 4.83. The summed E-state index contributed by atoms with van der Waals surface area (Å²) in [5, 5.41) is 0.643. The largest absolute Gasteiger partial charge is 0.435 e. The molecule has 0 aromatic heterocycles. The fourth-order valence-corrected chi connectivity index (χ4v) is 2.17. The van der Waals surface area contributed by atoms with E-state index in [1.54, 1.807) is 18.2 Å². The number of hydrogen-bond donors (Lipinski definition) is 1. The summed E-state index contributed by atoms with van der Waals surface area (Å²) in [6, 6.07) is 13.5. The molecule has 0 heterocycles. The molecule has 2 N–H and O–H groups in total. The van der Waals surface area contributed by atoms with Crippen LogP contribution in [0.1, 0.15) is 17.2 Å². The lowest BCUT2D eigenvalue weighted by Gasteiger charge is -2.14. The van der Waals surface area contributed by atoms with Gasteiger partial charge in [-0.3, -0.25) is 0 Å². The summed E-state index contributed by atoms with van der Waals surface area (Å²) in [6.07, 6.45) is 0.568. The van der Waals surface area contributed by atoms with Crippen molar-refractivity contribution in [1.29, 1.82) is 0 Å². The van der Waals surface area contributed by atoms with Crippen molar-refractivity contribution >= 4 is 11.6 Å². The van der Waals surface area contributed by atoms with Crippen molar-refractivity contribution in [2.75, 3.05) is 0 Å². The third-order valence-electron chi connectivity index (χ3n) is 2.86. The van der Waals surface area contributed by atoms with Crippen LogP contribution in [0.15, 0.2) is 48.5 Å². The Kier molecular flexibility index (Phi) is 4.93. The molecule has 0 aliphatic carbocycles. The van der Waals surface area contributed by atoms with Gasteiger partial charge < -0.3 is 10.5 Å². The lowest BCUT2D eigenvalue weighted by Crippen LogP contribution is -2.13. The van der Waals surface area contributed by atoms with Crippen LogP contribution in [0.5, 0.6) is 5.75 Å². The molecule has 0 saturated heterocycles. The van der Waals surface area contributed by atoms with Crippen LogP contribution in [0.2, 0.25) is 5.02 Å². The average molecular weight is 298 g/mol. The van der Waals surface area contributed by atoms with Gasteiger partial charge in [-0.05, 0) is 41.8 Å². The number of nitrogens with two attached hydrogens (primary N) is 1. The Hall–Kier alpha value is -1.65. The van der Waals surface area contributed by atoms with Crippen LogP contribution in [0.25, 0.3) is 0 Å². The fraction of sp³-hybridized carbons (Fsp3) is 0.200. The van der Waals surface area contributed by atoms with Crippen molar-refractivity contribution < 1.29 is 13.5 Å². The standard InChI is InChI=1S/C15H14ClF2NO/c16-12-5-1-3-10(7-12)8-14(19)11-4-2-6-13(9-11)20-15(17)18/h1-7,9,14-15H,8,19H2. The molecule has 20 heavy (non-hydrogen) atoms. The van der Waals surface area contributed by atoms with E-state index >= 15 is 0 Å². The third kappa shape index (κ3) is 4.18. The van der Waals surface area contributed by atoms with Gasteiger partial charge in [-0.15, -0.1) is 0 Å². The lowest BCUT2D eigenvalue weighted by molar-refractivity contribution is -0.0498. The van der Waals surface area contributed by atoms with Crippen molar-refractivity contribution in [1.82, 2.24) is 0 Å². The zero-order chi connectivity index (χ0) is 14.5. The van der Waals surface area contributed by atoms with Gasteiger partial charge in [-0.25, -0.2) is 0 Å². The number of rotatable bonds is 5. The molecule has 0 amide bonds. The van der Waals surface area contributed by atoms with Crippen LogP contribution < -0.4 is 10.5 Å². The summed E-state index contributed by atoms with van der Waals surface area (Å²) in [5.41, 5.74) is 7.82. The molecular weight excluding hydrogens is 284 g/mol. The van der Waals surface area contributed by atoms with Crippen LogP contribution in [-0.4, -0.2) is 6.61 Å². The molecule has 0 bridgehead atoms. The van der Waals surface area contributed by atoms with Gasteiger partial charge in [0.05, 0.1) is 0 Å². The van der Waals surface area contributed by atoms with Gasteiger partial charge >= 0.3 is 6.61 Å². The van der Waals surface area contributed by atoms with Crippen LogP contribution >= 0.6 is 11.6 Å². The third-order valence-corrected chi connectivity index (χ3v) is 3.09. The molecule has 0 aliphatic rings. The molecular formula is C15H14ClF2NO. The molecule has 106 valence electrons. The molecule has 0 aliphatic heterocycles. The number of ether oxygens (including phenoxy) is 1. The Morgan fingerprint density at radius 1 is 1.10 bits per heavy atom. The second-order valence-electron chi connectivity index (χ2n) is 4.39. The SMILES string of the molecule is NC(Cc1cccc(Cl)c1)c1cccc(OC(F)F)c1. The first-order valence-corrected chi connectivity index (χ1v) is 6.47. The number of hydrogen-bond acceptors (Lipinski definition) is 2. The van der Waals surface area contributed by atoms with Gasteiger partial charge in [0.25, 0.3) is 0 Å². The summed E-state index contributed by atoms with van der Waals surface area (Å²) in [5.74, 6) is 0.110. The van der Waals surface area contributed by atoms with Crippen molar-refractivity contribution in [3.63, 3.8) is 0 Å². The Balaban J connectivity index is 2.10. The van der Waals surface area contributed by atoms with E-state index in [0.717, 1.165) is 11.1 Å². The summed E-state index contributed by atoms with van der Waals surface area (Å²) in [4.78, 5) is 0. The van der Waals surface area contributed by atoms with E-state index in [4.69, 9.17) is 17.3 Å². The highest BCUT2D eigenvalue weighted by molar-refractivity contribution is 6.30. The van der Waals surface area contributed by atoms with Gasteiger partial charge in [0.15, 0.2) is 0 Å². The minimum absolute atomic E-state index is 0.110. The van der Waals surface area contributed by atoms with E-state index in [9.17, 15) is 8.78 Å². The monoisotopic (exact) mass is 297 g/mol. The predicted octanol–water partition coefficient (Wildman–Crippen LogP) is 4.18. The van der Waals surface area contributed by atoms with Crippen molar-refractivity contribution in [2.24, 2.45) is 5.73 Å². The maximum Gasteiger partial charge on any atom is 0.387 e. The summed E-state index contributed by atoms with van der Waals surface area (Å²) in [6.45, 7) is -2.84. The molecule has 0 fully saturated rings. The average Bonchev–Trinajstić information content (AvgIpc) is 2.38. The molecule has 2 aromatic rings. The Bertz CT molecular complexity index is 577. The maximum absolute atomic E-state index is 12.2. The van der Waals surface area contributed by atoms with Crippen molar-refractivity contribution in [2.45, 2.75) is 19.1 Å². The Morgan fingerprint density at radius 3 is 2.55 bits per heavy atom. The van der Waals surface area contributed by atoms with E-state index in [0.29, 0.717) is 11.4 Å².